The zero-order valence-electron chi connectivity index (χ0n) is 12.2. The van der Waals surface area contributed by atoms with E-state index in [4.69, 9.17) is 0 Å². The maximum absolute atomic E-state index is 11.9. The summed E-state index contributed by atoms with van der Waals surface area (Å²) in [5.74, 6) is 0.464. The maximum Gasteiger partial charge on any atom is 0.319 e. The van der Waals surface area contributed by atoms with Gasteiger partial charge in [0.2, 0.25) is 0 Å². The summed E-state index contributed by atoms with van der Waals surface area (Å²) in [6.45, 7) is 0. The Kier molecular flexibility index (Phi) is 4.23. The lowest BCUT2D eigenvalue weighted by Crippen LogP contribution is -2.39. The Balaban J connectivity index is 1.52. The van der Waals surface area contributed by atoms with Gasteiger partial charge in [0, 0.05) is 23.2 Å². The van der Waals surface area contributed by atoms with Crippen molar-refractivity contribution < 1.29 is 9.59 Å². The highest BCUT2D eigenvalue weighted by atomic mass is 16.2. The van der Waals surface area contributed by atoms with E-state index in [-0.39, 0.29) is 17.7 Å². The fourth-order valence-electron chi connectivity index (χ4n) is 2.90. The Hall–Kier alpha value is -1.84. The summed E-state index contributed by atoms with van der Waals surface area (Å²) in [5.41, 5.74) is 1.48. The smallest absolute Gasteiger partial charge is 0.319 e. The molecule has 2 aliphatic carbocycles. The summed E-state index contributed by atoms with van der Waals surface area (Å²) in [4.78, 5) is 23.8. The summed E-state index contributed by atoms with van der Waals surface area (Å²) in [5, 5.41) is 5.85. The van der Waals surface area contributed by atoms with Gasteiger partial charge in [0.05, 0.1) is 0 Å². The van der Waals surface area contributed by atoms with Gasteiger partial charge in [0.25, 0.3) is 0 Å². The predicted octanol–water partition coefficient (Wildman–Crippen LogP) is 3.73. The third-order valence-corrected chi connectivity index (χ3v) is 4.32. The molecule has 0 spiro atoms. The summed E-state index contributed by atoms with van der Waals surface area (Å²) in [6.07, 6.45) is 7.85. The van der Waals surface area contributed by atoms with Gasteiger partial charge in [-0.25, -0.2) is 4.79 Å². The highest BCUT2D eigenvalue weighted by Gasteiger charge is 2.30. The first-order chi connectivity index (χ1) is 10.2. The first-order valence-corrected chi connectivity index (χ1v) is 7.94. The molecule has 2 aliphatic rings. The molecule has 1 aromatic rings. The second kappa shape index (κ2) is 6.29. The molecule has 2 fully saturated rings. The van der Waals surface area contributed by atoms with Crippen LogP contribution in [-0.4, -0.2) is 17.9 Å². The Bertz CT molecular complexity index is 514. The number of benzene rings is 1. The Morgan fingerprint density at radius 3 is 2.19 bits per heavy atom. The fourth-order valence-corrected chi connectivity index (χ4v) is 2.90. The van der Waals surface area contributed by atoms with Crippen LogP contribution in [0.25, 0.3) is 0 Å². The van der Waals surface area contributed by atoms with E-state index in [1.807, 2.05) is 0 Å². The topological polar surface area (TPSA) is 58.2 Å². The first kappa shape index (κ1) is 14.1. The third kappa shape index (κ3) is 3.84. The monoisotopic (exact) mass is 286 g/mol. The quantitative estimate of drug-likeness (QED) is 0.828. The average molecular weight is 286 g/mol. The maximum atomic E-state index is 11.9. The van der Waals surface area contributed by atoms with Crippen LogP contribution in [-0.2, 0) is 0 Å². The van der Waals surface area contributed by atoms with Gasteiger partial charge in [-0.1, -0.05) is 19.3 Å². The zero-order valence-corrected chi connectivity index (χ0v) is 12.2. The second-order valence-corrected chi connectivity index (χ2v) is 6.15. The normalized spacial score (nSPS) is 19.0. The van der Waals surface area contributed by atoms with E-state index in [1.54, 1.807) is 24.3 Å². The molecule has 112 valence electrons. The largest absolute Gasteiger partial charge is 0.335 e. The van der Waals surface area contributed by atoms with Crippen molar-refractivity contribution >= 4 is 17.5 Å². The molecule has 1 aromatic carbocycles. The summed E-state index contributed by atoms with van der Waals surface area (Å²) >= 11 is 0. The van der Waals surface area contributed by atoms with E-state index >= 15 is 0 Å². The van der Waals surface area contributed by atoms with Crippen LogP contribution in [0.2, 0.25) is 0 Å². The molecule has 0 radical (unpaired) electrons. The van der Waals surface area contributed by atoms with Gasteiger partial charge in [-0.05, 0) is 49.9 Å². The Morgan fingerprint density at radius 2 is 1.57 bits per heavy atom. The number of hydrogen-bond acceptors (Lipinski definition) is 2. The van der Waals surface area contributed by atoms with Gasteiger partial charge < -0.3 is 10.6 Å². The number of amides is 2. The molecular formula is C17H22N2O2. The predicted molar refractivity (Wildman–Crippen MR) is 82.5 cm³/mol. The van der Waals surface area contributed by atoms with Crippen LogP contribution < -0.4 is 10.6 Å². The van der Waals surface area contributed by atoms with Gasteiger partial charge in [-0.15, -0.1) is 0 Å². The van der Waals surface area contributed by atoms with Crippen molar-refractivity contribution in [2.75, 3.05) is 5.32 Å². The van der Waals surface area contributed by atoms with Crippen LogP contribution >= 0.6 is 0 Å². The SMILES string of the molecule is O=C(Nc1ccc(C(=O)C2CC2)cc1)NC1CCCCC1. The molecule has 0 unspecified atom stereocenters. The van der Waals surface area contributed by atoms with Crippen LogP contribution in [0, 0.1) is 5.92 Å². The van der Waals surface area contributed by atoms with E-state index < -0.39 is 0 Å². The number of nitrogens with one attached hydrogen (secondary N) is 2. The molecule has 4 heteroatoms. The summed E-state index contributed by atoms with van der Waals surface area (Å²) < 4.78 is 0. The number of Topliss-reactive ketones (excluding diaryl/α,β-unsaturated/α-hetero) is 1. The number of ketones is 1. The minimum Gasteiger partial charge on any atom is -0.335 e. The van der Waals surface area contributed by atoms with Crippen LogP contribution in [0.1, 0.15) is 55.3 Å². The Labute approximate surface area is 125 Å². The third-order valence-electron chi connectivity index (χ3n) is 4.32. The standard InChI is InChI=1S/C17H22N2O2/c20-16(12-6-7-12)13-8-10-15(11-9-13)19-17(21)18-14-4-2-1-3-5-14/h8-12,14H,1-7H2,(H2,18,19,21). The van der Waals surface area contributed by atoms with E-state index in [0.717, 1.165) is 36.9 Å². The summed E-state index contributed by atoms with van der Waals surface area (Å²) in [7, 11) is 0. The number of rotatable bonds is 4. The lowest BCUT2D eigenvalue weighted by Gasteiger charge is -2.22. The van der Waals surface area contributed by atoms with Crippen LogP contribution in [0.15, 0.2) is 24.3 Å². The van der Waals surface area contributed by atoms with E-state index in [1.165, 1.54) is 19.3 Å². The van der Waals surface area contributed by atoms with E-state index in [2.05, 4.69) is 10.6 Å². The van der Waals surface area contributed by atoms with Crippen molar-refractivity contribution in [3.05, 3.63) is 29.8 Å². The van der Waals surface area contributed by atoms with Gasteiger partial charge in [0.15, 0.2) is 5.78 Å². The van der Waals surface area contributed by atoms with Gasteiger partial charge in [-0.3, -0.25) is 4.79 Å². The van der Waals surface area contributed by atoms with E-state index in [9.17, 15) is 9.59 Å². The van der Waals surface area contributed by atoms with Gasteiger partial charge in [-0.2, -0.15) is 0 Å². The lowest BCUT2D eigenvalue weighted by atomic mass is 9.96. The van der Waals surface area contributed by atoms with Crippen LogP contribution in [0.4, 0.5) is 10.5 Å². The molecule has 2 amide bonds. The van der Waals surface area contributed by atoms with Crippen molar-refractivity contribution in [1.82, 2.24) is 5.32 Å². The lowest BCUT2D eigenvalue weighted by molar-refractivity contribution is 0.0967. The molecule has 0 heterocycles. The molecule has 0 aliphatic heterocycles. The molecule has 21 heavy (non-hydrogen) atoms. The van der Waals surface area contributed by atoms with Gasteiger partial charge >= 0.3 is 6.03 Å². The molecule has 2 saturated carbocycles. The minimum atomic E-state index is -0.150. The summed E-state index contributed by atoms with van der Waals surface area (Å²) in [6, 6.07) is 7.36. The average Bonchev–Trinajstić information content (AvgIpc) is 3.33. The van der Waals surface area contributed by atoms with Crippen molar-refractivity contribution in [1.29, 1.82) is 0 Å². The molecule has 2 N–H and O–H groups in total. The highest BCUT2D eigenvalue weighted by Crippen LogP contribution is 2.32. The highest BCUT2D eigenvalue weighted by molar-refractivity contribution is 6.00. The molecular weight excluding hydrogens is 264 g/mol. The van der Waals surface area contributed by atoms with Crippen molar-refractivity contribution in [2.45, 2.75) is 51.0 Å². The number of carbonyl (C=O) groups excluding carboxylic acids is 2. The van der Waals surface area contributed by atoms with Crippen molar-refractivity contribution in [3.8, 4) is 0 Å². The molecule has 0 bridgehead atoms. The molecule has 0 atom stereocenters. The number of anilines is 1. The molecule has 3 rings (SSSR count). The van der Waals surface area contributed by atoms with E-state index in [0.29, 0.717) is 6.04 Å². The molecule has 4 nitrogen and oxygen atoms in total. The first-order valence-electron chi connectivity index (χ1n) is 7.94. The number of carbonyl (C=O) groups is 2. The zero-order chi connectivity index (χ0) is 14.7. The van der Waals surface area contributed by atoms with Crippen molar-refractivity contribution in [3.63, 3.8) is 0 Å². The van der Waals surface area contributed by atoms with Gasteiger partial charge in [0.1, 0.15) is 0 Å². The van der Waals surface area contributed by atoms with Crippen LogP contribution in [0.5, 0.6) is 0 Å². The Morgan fingerprint density at radius 1 is 0.905 bits per heavy atom. The van der Waals surface area contributed by atoms with Crippen LogP contribution in [0.3, 0.4) is 0 Å². The van der Waals surface area contributed by atoms with Crippen molar-refractivity contribution in [2.24, 2.45) is 5.92 Å². The number of urea groups is 1. The minimum absolute atomic E-state index is 0.150. The molecule has 0 saturated heterocycles. The molecule has 0 aromatic heterocycles. The second-order valence-electron chi connectivity index (χ2n) is 6.15. The number of hydrogen-bond donors (Lipinski definition) is 2. The fraction of sp³-hybridized carbons (Fsp3) is 0.529.